The van der Waals surface area contributed by atoms with Gasteiger partial charge in [-0.1, -0.05) is 41.4 Å². The molecule has 0 bridgehead atoms. The first-order valence-electron chi connectivity index (χ1n) is 5.89. The summed E-state index contributed by atoms with van der Waals surface area (Å²) >= 11 is 6.26. The van der Waals surface area contributed by atoms with Crippen LogP contribution in [0, 0.1) is 6.92 Å². The predicted molar refractivity (Wildman–Crippen MR) is 70.2 cm³/mol. The van der Waals surface area contributed by atoms with Gasteiger partial charge in [-0.2, -0.15) is 0 Å². The summed E-state index contributed by atoms with van der Waals surface area (Å²) in [6, 6.07) is 7.68. The van der Waals surface area contributed by atoms with E-state index < -0.39 is 0 Å². The summed E-state index contributed by atoms with van der Waals surface area (Å²) in [7, 11) is 0. The third kappa shape index (κ3) is 2.74. The number of esters is 1. The van der Waals surface area contributed by atoms with Gasteiger partial charge >= 0.3 is 5.97 Å². The van der Waals surface area contributed by atoms with E-state index in [1.54, 1.807) is 0 Å². The molecule has 1 aromatic carbocycles. The van der Waals surface area contributed by atoms with Gasteiger partial charge in [-0.3, -0.25) is 0 Å². The van der Waals surface area contributed by atoms with Gasteiger partial charge in [0.25, 0.3) is 0 Å². The third-order valence-electron chi connectivity index (χ3n) is 2.94. The number of hydrogen-bond donors (Lipinski definition) is 1. The van der Waals surface area contributed by atoms with Gasteiger partial charge in [-0.05, 0) is 12.5 Å². The van der Waals surface area contributed by atoms with Crippen molar-refractivity contribution in [2.24, 2.45) is 0 Å². The molecule has 1 heterocycles. The fourth-order valence-electron chi connectivity index (χ4n) is 2.02. The topological polar surface area (TPSA) is 46.5 Å². The molecule has 1 unspecified atom stereocenters. The first-order chi connectivity index (χ1) is 8.61. The minimum atomic E-state index is -0.375. The highest BCUT2D eigenvalue weighted by Gasteiger charge is 2.31. The summed E-state index contributed by atoms with van der Waals surface area (Å²) in [5.41, 5.74) is 2.42. The highest BCUT2D eigenvalue weighted by Crippen LogP contribution is 2.32. The molecule has 3 nitrogen and oxygen atoms in total. The molecule has 0 radical (unpaired) electrons. The first-order valence-corrected chi connectivity index (χ1v) is 6.27. The highest BCUT2D eigenvalue weighted by molar-refractivity contribution is 6.51. The summed E-state index contributed by atoms with van der Waals surface area (Å²) in [5.74, 6) is -0.375. The molecule has 1 fully saturated rings. The Morgan fingerprint density at radius 3 is 3.00 bits per heavy atom. The number of carbonyl (C=O) groups is 1. The molecule has 18 heavy (non-hydrogen) atoms. The number of aliphatic hydroxyl groups excluding tert-OH is 1. The summed E-state index contributed by atoms with van der Waals surface area (Å²) in [4.78, 5) is 11.7. The zero-order valence-electron chi connectivity index (χ0n) is 10.1. The third-order valence-corrected chi connectivity index (χ3v) is 3.39. The average molecular weight is 267 g/mol. The number of cyclic esters (lactones) is 1. The molecule has 96 valence electrons. The summed E-state index contributed by atoms with van der Waals surface area (Å²) in [5, 5.41) is 9.30. The molecule has 4 heteroatoms. The number of aliphatic hydroxyl groups is 1. The average Bonchev–Trinajstić information content (AvgIpc) is 2.70. The molecule has 2 rings (SSSR count). The molecule has 1 aliphatic heterocycles. The van der Waals surface area contributed by atoms with E-state index in [2.05, 4.69) is 0 Å². The Morgan fingerprint density at radius 2 is 2.33 bits per heavy atom. The van der Waals surface area contributed by atoms with Crippen LogP contribution in [0.15, 0.2) is 29.8 Å². The monoisotopic (exact) mass is 266 g/mol. The second-order valence-corrected chi connectivity index (χ2v) is 4.78. The van der Waals surface area contributed by atoms with Crippen LogP contribution < -0.4 is 0 Å². The van der Waals surface area contributed by atoms with E-state index in [0.717, 1.165) is 11.1 Å². The molecule has 1 N–H and O–H groups in total. The Morgan fingerprint density at radius 1 is 1.56 bits per heavy atom. The number of hydrogen-bond acceptors (Lipinski definition) is 3. The smallest absolute Gasteiger partial charge is 0.335 e. The molecule has 0 aromatic heterocycles. The van der Waals surface area contributed by atoms with Gasteiger partial charge in [0.05, 0.1) is 10.6 Å². The lowest BCUT2D eigenvalue weighted by Crippen LogP contribution is -2.08. The van der Waals surface area contributed by atoms with Gasteiger partial charge in [0.2, 0.25) is 0 Å². The maximum atomic E-state index is 11.7. The fraction of sp³-hybridized carbons (Fsp3) is 0.357. The Bertz CT molecular complexity index is 494. The predicted octanol–water partition coefficient (Wildman–Crippen LogP) is 2.64. The van der Waals surface area contributed by atoms with Gasteiger partial charge < -0.3 is 9.84 Å². The van der Waals surface area contributed by atoms with Crippen LogP contribution in [0.2, 0.25) is 0 Å². The van der Waals surface area contributed by atoms with Gasteiger partial charge in [-0.15, -0.1) is 0 Å². The van der Waals surface area contributed by atoms with Crippen molar-refractivity contribution in [2.45, 2.75) is 25.9 Å². The van der Waals surface area contributed by atoms with E-state index in [-0.39, 0.29) is 18.7 Å². The molecule has 1 saturated heterocycles. The lowest BCUT2D eigenvalue weighted by molar-refractivity contribution is -0.139. The molecule has 1 atom stereocenters. The largest absolute Gasteiger partial charge is 0.459 e. The number of rotatable bonds is 3. The minimum Gasteiger partial charge on any atom is -0.459 e. The van der Waals surface area contributed by atoms with Gasteiger partial charge in [0, 0.05) is 19.4 Å². The number of benzene rings is 1. The van der Waals surface area contributed by atoms with Crippen LogP contribution in [0.5, 0.6) is 0 Å². The van der Waals surface area contributed by atoms with Gasteiger partial charge in [0.1, 0.15) is 6.10 Å². The highest BCUT2D eigenvalue weighted by atomic mass is 35.5. The van der Waals surface area contributed by atoms with Crippen LogP contribution in [0.4, 0.5) is 0 Å². The van der Waals surface area contributed by atoms with Crippen molar-refractivity contribution in [3.8, 4) is 0 Å². The number of aryl methyl sites for hydroxylation is 1. The van der Waals surface area contributed by atoms with Crippen molar-refractivity contribution in [1.29, 1.82) is 0 Å². The SMILES string of the molecule is Cc1cccc(/C(Cl)=C2\CC(CCO)OC2=O)c1. The van der Waals surface area contributed by atoms with Crippen molar-refractivity contribution < 1.29 is 14.6 Å². The van der Waals surface area contributed by atoms with E-state index in [0.29, 0.717) is 23.4 Å². The van der Waals surface area contributed by atoms with Crippen LogP contribution in [0.3, 0.4) is 0 Å². The summed E-state index contributed by atoms with van der Waals surface area (Å²) in [6.45, 7) is 1.98. The Balaban J connectivity index is 2.28. The molecule has 0 saturated carbocycles. The lowest BCUT2D eigenvalue weighted by Gasteiger charge is -2.04. The second-order valence-electron chi connectivity index (χ2n) is 4.41. The molecule has 1 aromatic rings. The van der Waals surface area contributed by atoms with Crippen LogP contribution in [-0.4, -0.2) is 23.8 Å². The molecular formula is C14H15ClO3. The molecule has 0 amide bonds. The van der Waals surface area contributed by atoms with Crippen LogP contribution in [-0.2, 0) is 9.53 Å². The standard InChI is InChI=1S/C14H15ClO3/c1-9-3-2-4-10(7-9)13(15)12-8-11(5-6-16)18-14(12)17/h2-4,7,11,16H,5-6,8H2,1H3/b13-12-. The molecule has 0 aliphatic carbocycles. The van der Waals surface area contributed by atoms with Crippen LogP contribution >= 0.6 is 11.6 Å². The second kappa shape index (κ2) is 5.55. The molecule has 1 aliphatic rings. The normalized spacial score (nSPS) is 21.9. The van der Waals surface area contributed by atoms with Crippen LogP contribution in [0.1, 0.15) is 24.0 Å². The maximum Gasteiger partial charge on any atom is 0.335 e. The zero-order valence-corrected chi connectivity index (χ0v) is 10.9. The quantitative estimate of drug-likeness (QED) is 0.676. The molecular weight excluding hydrogens is 252 g/mol. The van der Waals surface area contributed by atoms with Crippen molar-refractivity contribution in [2.75, 3.05) is 6.61 Å². The van der Waals surface area contributed by atoms with Crippen molar-refractivity contribution in [1.82, 2.24) is 0 Å². The van der Waals surface area contributed by atoms with E-state index in [4.69, 9.17) is 21.4 Å². The minimum absolute atomic E-state index is 0.00723. The first kappa shape index (κ1) is 13.1. The molecule has 0 spiro atoms. The number of halogens is 1. The maximum absolute atomic E-state index is 11.7. The van der Waals surface area contributed by atoms with E-state index >= 15 is 0 Å². The summed E-state index contributed by atoms with van der Waals surface area (Å²) < 4.78 is 5.15. The summed E-state index contributed by atoms with van der Waals surface area (Å²) in [6.07, 6.45) is 0.662. The van der Waals surface area contributed by atoms with Crippen molar-refractivity contribution >= 4 is 22.6 Å². The Kier molecular flexibility index (Phi) is 4.04. The Hall–Kier alpha value is -1.32. The van der Waals surface area contributed by atoms with E-state index in [1.165, 1.54) is 0 Å². The number of ether oxygens (including phenoxy) is 1. The van der Waals surface area contributed by atoms with Crippen molar-refractivity contribution in [3.05, 3.63) is 41.0 Å². The zero-order chi connectivity index (χ0) is 13.1. The number of carbonyl (C=O) groups excluding carboxylic acids is 1. The lowest BCUT2D eigenvalue weighted by atomic mass is 10.0. The van der Waals surface area contributed by atoms with Gasteiger partial charge in [-0.25, -0.2) is 4.79 Å². The van der Waals surface area contributed by atoms with Crippen LogP contribution in [0.25, 0.3) is 5.03 Å². The Labute approximate surface area is 111 Å². The van der Waals surface area contributed by atoms with E-state index in [1.807, 2.05) is 31.2 Å². The van der Waals surface area contributed by atoms with E-state index in [9.17, 15) is 4.79 Å². The van der Waals surface area contributed by atoms with Crippen molar-refractivity contribution in [3.63, 3.8) is 0 Å². The van der Waals surface area contributed by atoms with Gasteiger partial charge in [0.15, 0.2) is 0 Å². The fourth-order valence-corrected chi connectivity index (χ4v) is 2.29.